The van der Waals surface area contributed by atoms with Crippen molar-refractivity contribution >= 4 is 17.8 Å². The molecule has 1 aliphatic heterocycles. The highest BCUT2D eigenvalue weighted by Crippen LogP contribution is 2.34. The van der Waals surface area contributed by atoms with E-state index in [0.717, 1.165) is 4.90 Å². The van der Waals surface area contributed by atoms with Gasteiger partial charge in [0.25, 0.3) is 0 Å². The smallest absolute Gasteiger partial charge is 0.418 e. The molecule has 3 amide bonds. The monoisotopic (exact) mass is 300 g/mol. The minimum absolute atomic E-state index is 0.122. The van der Waals surface area contributed by atoms with Crippen molar-refractivity contribution in [2.45, 2.75) is 19.9 Å². The van der Waals surface area contributed by atoms with Crippen molar-refractivity contribution in [1.29, 1.82) is 5.26 Å². The minimum Gasteiger partial charge on any atom is -0.449 e. The second-order valence-corrected chi connectivity index (χ2v) is 4.72. The molecule has 1 aromatic rings. The first-order valence-electron chi connectivity index (χ1n) is 6.72. The number of nitrogens with two attached hydrogens (primary N) is 1. The highest BCUT2D eigenvalue weighted by molar-refractivity contribution is 5.94. The molecule has 0 saturated carbocycles. The van der Waals surface area contributed by atoms with Gasteiger partial charge in [0.1, 0.15) is 6.04 Å². The van der Waals surface area contributed by atoms with E-state index in [1.54, 1.807) is 38.1 Å². The maximum Gasteiger partial charge on any atom is 0.418 e. The summed E-state index contributed by atoms with van der Waals surface area (Å²) >= 11 is 0. The third kappa shape index (κ3) is 2.72. The van der Waals surface area contributed by atoms with Gasteiger partial charge in [-0.05, 0) is 31.5 Å². The number of anilines is 1. The molecular formula is C15H16N4O3. The molecular weight excluding hydrogens is 284 g/mol. The summed E-state index contributed by atoms with van der Waals surface area (Å²) in [7, 11) is 0. The van der Waals surface area contributed by atoms with Crippen molar-refractivity contribution in [2.75, 3.05) is 12.3 Å². The Morgan fingerprint density at radius 3 is 2.86 bits per heavy atom. The number of nitrogen functional groups attached to an aromatic ring is 1. The molecule has 7 nitrogen and oxygen atoms in total. The largest absolute Gasteiger partial charge is 0.449 e. The zero-order valence-corrected chi connectivity index (χ0v) is 12.3. The van der Waals surface area contributed by atoms with Crippen LogP contribution in [0.1, 0.15) is 25.5 Å². The molecule has 2 rings (SSSR count). The lowest BCUT2D eigenvalue weighted by molar-refractivity contribution is 0.104. The first kappa shape index (κ1) is 15.4. The molecule has 0 saturated heterocycles. The Balaban J connectivity index is 2.58. The summed E-state index contributed by atoms with van der Waals surface area (Å²) in [5.41, 5.74) is 7.48. The van der Waals surface area contributed by atoms with Crippen LogP contribution in [-0.2, 0) is 4.74 Å². The average Bonchev–Trinajstić information content (AvgIpc) is 2.46. The van der Waals surface area contributed by atoms with Crippen LogP contribution < -0.4 is 11.1 Å². The Kier molecular flexibility index (Phi) is 4.32. The summed E-state index contributed by atoms with van der Waals surface area (Å²) in [6.45, 7) is 3.37. The molecule has 0 bridgehead atoms. The van der Waals surface area contributed by atoms with Crippen LogP contribution >= 0.6 is 0 Å². The molecule has 7 heteroatoms. The summed E-state index contributed by atoms with van der Waals surface area (Å²) < 4.78 is 4.92. The Labute approximate surface area is 127 Å². The topological polar surface area (TPSA) is 108 Å². The lowest BCUT2D eigenvalue weighted by Crippen LogP contribution is -2.50. The molecule has 0 spiro atoms. The first-order valence-corrected chi connectivity index (χ1v) is 6.72. The van der Waals surface area contributed by atoms with E-state index in [4.69, 9.17) is 10.5 Å². The van der Waals surface area contributed by atoms with E-state index in [1.165, 1.54) is 0 Å². The van der Waals surface area contributed by atoms with Gasteiger partial charge in [-0.15, -0.1) is 0 Å². The van der Waals surface area contributed by atoms with E-state index in [9.17, 15) is 14.9 Å². The summed E-state index contributed by atoms with van der Waals surface area (Å²) in [6, 6.07) is 7.26. The summed E-state index contributed by atoms with van der Waals surface area (Å²) in [5, 5.41) is 11.9. The number of rotatable bonds is 2. The number of urea groups is 1. The number of hydrogen-bond donors (Lipinski definition) is 2. The van der Waals surface area contributed by atoms with Gasteiger partial charge in [-0.25, -0.2) is 14.5 Å². The highest BCUT2D eigenvalue weighted by atomic mass is 16.6. The van der Waals surface area contributed by atoms with Crippen LogP contribution in [0.2, 0.25) is 0 Å². The van der Waals surface area contributed by atoms with Crippen molar-refractivity contribution < 1.29 is 14.3 Å². The average molecular weight is 300 g/mol. The van der Waals surface area contributed by atoms with Gasteiger partial charge in [-0.3, -0.25) is 0 Å². The molecule has 1 heterocycles. The van der Waals surface area contributed by atoms with E-state index in [2.05, 4.69) is 5.32 Å². The van der Waals surface area contributed by atoms with Crippen LogP contribution in [0, 0.1) is 11.3 Å². The zero-order valence-electron chi connectivity index (χ0n) is 12.3. The second-order valence-electron chi connectivity index (χ2n) is 4.72. The number of hydrogen-bond acceptors (Lipinski definition) is 5. The number of nitriles is 1. The van der Waals surface area contributed by atoms with Crippen LogP contribution in [0.5, 0.6) is 0 Å². The standard InChI is InChI=1S/C15H16N4O3/c1-3-22-15(21)19-13(10-5-4-6-11(17)7-10)12(8-16)9(2)18-14(19)20/h4-7,13H,3,17H2,1-2H3,(H,18,20). The van der Waals surface area contributed by atoms with Crippen LogP contribution in [0.15, 0.2) is 35.5 Å². The SMILES string of the molecule is CCOC(=O)N1C(=O)NC(C)=C(C#N)C1c1cccc(N)c1. The van der Waals surface area contributed by atoms with Gasteiger partial charge < -0.3 is 15.8 Å². The summed E-state index contributed by atoms with van der Waals surface area (Å²) in [5.74, 6) is 0. The van der Waals surface area contributed by atoms with Gasteiger partial charge in [0.2, 0.25) is 0 Å². The van der Waals surface area contributed by atoms with E-state index < -0.39 is 18.2 Å². The van der Waals surface area contributed by atoms with E-state index >= 15 is 0 Å². The molecule has 1 aromatic carbocycles. The molecule has 22 heavy (non-hydrogen) atoms. The number of amides is 3. The molecule has 1 unspecified atom stereocenters. The fourth-order valence-electron chi connectivity index (χ4n) is 2.31. The lowest BCUT2D eigenvalue weighted by atomic mass is 9.95. The maximum atomic E-state index is 12.2. The number of carbonyl (C=O) groups is 2. The molecule has 3 N–H and O–H groups in total. The predicted octanol–water partition coefficient (Wildman–Crippen LogP) is 2.29. The van der Waals surface area contributed by atoms with Gasteiger partial charge in [0.05, 0.1) is 18.2 Å². The van der Waals surface area contributed by atoms with Crippen LogP contribution in [-0.4, -0.2) is 23.6 Å². The number of imide groups is 1. The van der Waals surface area contributed by atoms with Gasteiger partial charge in [-0.1, -0.05) is 12.1 Å². The lowest BCUT2D eigenvalue weighted by Gasteiger charge is -2.34. The number of benzene rings is 1. The predicted molar refractivity (Wildman–Crippen MR) is 79.3 cm³/mol. The van der Waals surface area contributed by atoms with Crippen molar-refractivity contribution in [3.63, 3.8) is 0 Å². The Bertz CT molecular complexity index is 690. The summed E-state index contributed by atoms with van der Waals surface area (Å²) in [4.78, 5) is 25.2. The number of carbonyl (C=O) groups excluding carboxylic acids is 2. The molecule has 1 aliphatic rings. The van der Waals surface area contributed by atoms with E-state index in [0.29, 0.717) is 16.9 Å². The molecule has 0 fully saturated rings. The van der Waals surface area contributed by atoms with Crippen LogP contribution in [0.25, 0.3) is 0 Å². The quantitative estimate of drug-likeness (QED) is 0.814. The molecule has 0 aliphatic carbocycles. The Morgan fingerprint density at radius 2 is 2.27 bits per heavy atom. The van der Waals surface area contributed by atoms with Crippen molar-refractivity contribution in [3.8, 4) is 6.07 Å². The van der Waals surface area contributed by atoms with E-state index in [1.807, 2.05) is 6.07 Å². The zero-order chi connectivity index (χ0) is 16.3. The molecule has 114 valence electrons. The Morgan fingerprint density at radius 1 is 1.55 bits per heavy atom. The molecule has 1 atom stereocenters. The second kappa shape index (κ2) is 6.18. The number of nitrogens with one attached hydrogen (secondary N) is 1. The van der Waals surface area contributed by atoms with Crippen molar-refractivity contribution in [3.05, 3.63) is 41.1 Å². The fraction of sp³-hybridized carbons (Fsp3) is 0.267. The maximum absolute atomic E-state index is 12.2. The van der Waals surface area contributed by atoms with Crippen LogP contribution in [0.4, 0.5) is 15.3 Å². The number of ether oxygens (including phenoxy) is 1. The third-order valence-corrected chi connectivity index (χ3v) is 3.26. The first-order chi connectivity index (χ1) is 10.5. The Hall–Kier alpha value is -3.01. The van der Waals surface area contributed by atoms with Gasteiger partial charge in [0, 0.05) is 11.4 Å². The van der Waals surface area contributed by atoms with Gasteiger partial charge in [-0.2, -0.15) is 5.26 Å². The number of allylic oxidation sites excluding steroid dienone is 1. The van der Waals surface area contributed by atoms with E-state index in [-0.39, 0.29) is 12.2 Å². The van der Waals surface area contributed by atoms with Gasteiger partial charge in [0.15, 0.2) is 0 Å². The van der Waals surface area contributed by atoms with Crippen molar-refractivity contribution in [2.24, 2.45) is 0 Å². The van der Waals surface area contributed by atoms with Crippen molar-refractivity contribution in [1.82, 2.24) is 10.2 Å². The third-order valence-electron chi connectivity index (χ3n) is 3.26. The minimum atomic E-state index is -0.860. The number of nitrogens with zero attached hydrogens (tertiary/aromatic N) is 2. The molecule has 0 radical (unpaired) electrons. The normalized spacial score (nSPS) is 17.8. The fourth-order valence-corrected chi connectivity index (χ4v) is 2.31. The van der Waals surface area contributed by atoms with Crippen LogP contribution in [0.3, 0.4) is 0 Å². The molecule has 0 aromatic heterocycles. The summed E-state index contributed by atoms with van der Waals surface area (Å²) in [6.07, 6.45) is -0.812. The highest BCUT2D eigenvalue weighted by Gasteiger charge is 2.39. The van der Waals surface area contributed by atoms with Gasteiger partial charge >= 0.3 is 12.1 Å².